The molecule has 0 aliphatic carbocycles. The molecule has 1 atom stereocenters. The van der Waals surface area contributed by atoms with Crippen LogP contribution in [0.15, 0.2) is 0 Å². The minimum Gasteiger partial charge on any atom is -0.396 e. The van der Waals surface area contributed by atoms with Crippen LogP contribution >= 0.6 is 0 Å². The average Bonchev–Trinajstić information content (AvgIpc) is 1.91. The summed E-state index contributed by atoms with van der Waals surface area (Å²) in [6, 6.07) is 0. The van der Waals surface area contributed by atoms with Gasteiger partial charge in [-0.3, -0.25) is 0 Å². The molecule has 0 aromatic heterocycles. The van der Waals surface area contributed by atoms with Crippen molar-refractivity contribution >= 4 is 0 Å². The molecule has 1 unspecified atom stereocenters. The fraction of sp³-hybridized carbons (Fsp3) is 1.00. The van der Waals surface area contributed by atoms with E-state index in [0.717, 1.165) is 6.42 Å². The zero-order valence-electron chi connectivity index (χ0n) is 6.94. The Kier molecular flexibility index (Phi) is 12.4. The first-order valence-corrected chi connectivity index (χ1v) is 3.96. The van der Waals surface area contributed by atoms with E-state index in [2.05, 4.69) is 13.8 Å². The molecule has 0 rings (SSSR count). The van der Waals surface area contributed by atoms with Crippen molar-refractivity contribution < 1.29 is 22.2 Å². The molecule has 0 aromatic carbocycles. The van der Waals surface area contributed by atoms with Crippen molar-refractivity contribution in [1.29, 1.82) is 0 Å². The summed E-state index contributed by atoms with van der Waals surface area (Å²) in [4.78, 5) is 0. The normalized spacial score (nSPS) is 12.3. The van der Waals surface area contributed by atoms with Crippen LogP contribution in [0.3, 0.4) is 0 Å². The SMILES string of the molecule is CCCCC(CC)CO.[Mn]. The van der Waals surface area contributed by atoms with Gasteiger partial charge in [-0.2, -0.15) is 0 Å². The number of hydrogen-bond acceptors (Lipinski definition) is 1. The maximum Gasteiger partial charge on any atom is 0.0459 e. The molecule has 0 amide bonds. The van der Waals surface area contributed by atoms with Crippen LogP contribution in [0.1, 0.15) is 39.5 Å². The second-order valence-corrected chi connectivity index (χ2v) is 2.60. The molecule has 0 aliphatic heterocycles. The van der Waals surface area contributed by atoms with Gasteiger partial charge in [0.05, 0.1) is 0 Å². The van der Waals surface area contributed by atoms with Crippen LogP contribution in [0, 0.1) is 5.92 Å². The molecule has 0 bridgehead atoms. The van der Waals surface area contributed by atoms with Gasteiger partial charge < -0.3 is 5.11 Å². The van der Waals surface area contributed by atoms with E-state index in [9.17, 15) is 0 Å². The van der Waals surface area contributed by atoms with Gasteiger partial charge in [-0.15, -0.1) is 0 Å². The van der Waals surface area contributed by atoms with Crippen molar-refractivity contribution in [3.05, 3.63) is 0 Å². The van der Waals surface area contributed by atoms with E-state index in [1.54, 1.807) is 0 Å². The third kappa shape index (κ3) is 6.60. The molecular formula is C8H18MnO. The largest absolute Gasteiger partial charge is 0.396 e. The molecule has 0 aliphatic rings. The summed E-state index contributed by atoms with van der Waals surface area (Å²) >= 11 is 0. The molecule has 2 heteroatoms. The third-order valence-electron chi connectivity index (χ3n) is 1.80. The van der Waals surface area contributed by atoms with Crippen LogP contribution in [0.5, 0.6) is 0 Å². The molecule has 0 fully saturated rings. The molecule has 0 aromatic rings. The minimum absolute atomic E-state index is 0. The van der Waals surface area contributed by atoms with Gasteiger partial charge in [0, 0.05) is 23.7 Å². The van der Waals surface area contributed by atoms with Crippen molar-refractivity contribution in [2.45, 2.75) is 39.5 Å². The van der Waals surface area contributed by atoms with Crippen LogP contribution in [0.25, 0.3) is 0 Å². The van der Waals surface area contributed by atoms with Crippen LogP contribution in [0.4, 0.5) is 0 Å². The van der Waals surface area contributed by atoms with Crippen molar-refractivity contribution in [3.8, 4) is 0 Å². The van der Waals surface area contributed by atoms with Gasteiger partial charge >= 0.3 is 0 Å². The zero-order chi connectivity index (χ0) is 7.11. The van der Waals surface area contributed by atoms with E-state index in [0.29, 0.717) is 12.5 Å². The zero-order valence-corrected chi connectivity index (χ0v) is 8.12. The number of hydrogen-bond donors (Lipinski definition) is 1. The maximum atomic E-state index is 8.75. The van der Waals surface area contributed by atoms with Crippen LogP contribution < -0.4 is 0 Å². The van der Waals surface area contributed by atoms with E-state index in [-0.39, 0.29) is 17.1 Å². The minimum atomic E-state index is 0. The summed E-state index contributed by atoms with van der Waals surface area (Å²) in [5.74, 6) is 0.560. The van der Waals surface area contributed by atoms with E-state index >= 15 is 0 Å². The van der Waals surface area contributed by atoms with E-state index in [1.807, 2.05) is 0 Å². The molecule has 1 N–H and O–H groups in total. The van der Waals surface area contributed by atoms with Gasteiger partial charge in [0.25, 0.3) is 0 Å². The molecule has 0 spiro atoms. The second kappa shape index (κ2) is 9.48. The Hall–Kier alpha value is 0.479. The number of aliphatic hydroxyl groups is 1. The topological polar surface area (TPSA) is 20.2 Å². The van der Waals surface area contributed by atoms with Crippen molar-refractivity contribution in [2.75, 3.05) is 6.61 Å². The Labute approximate surface area is 74.7 Å². The van der Waals surface area contributed by atoms with Gasteiger partial charge in [0.15, 0.2) is 0 Å². The van der Waals surface area contributed by atoms with Gasteiger partial charge in [-0.25, -0.2) is 0 Å². The van der Waals surface area contributed by atoms with Gasteiger partial charge in [-0.1, -0.05) is 33.1 Å². The quantitative estimate of drug-likeness (QED) is 0.651. The Balaban J connectivity index is 0. The van der Waals surface area contributed by atoms with Crippen molar-refractivity contribution in [2.24, 2.45) is 5.92 Å². The van der Waals surface area contributed by atoms with Crippen LogP contribution in [-0.2, 0) is 17.1 Å². The second-order valence-electron chi connectivity index (χ2n) is 2.60. The molecule has 0 saturated carbocycles. The predicted molar refractivity (Wildman–Crippen MR) is 40.4 cm³/mol. The number of aliphatic hydroxyl groups excluding tert-OH is 1. The summed E-state index contributed by atoms with van der Waals surface area (Å²) in [5.41, 5.74) is 0. The predicted octanol–water partition coefficient (Wildman–Crippen LogP) is 2.19. The molecular weight excluding hydrogens is 167 g/mol. The fourth-order valence-corrected chi connectivity index (χ4v) is 0.917. The van der Waals surface area contributed by atoms with Crippen LogP contribution in [0.2, 0.25) is 0 Å². The van der Waals surface area contributed by atoms with E-state index < -0.39 is 0 Å². The Morgan fingerprint density at radius 2 is 1.90 bits per heavy atom. The monoisotopic (exact) mass is 185 g/mol. The summed E-state index contributed by atoms with van der Waals surface area (Å²) < 4.78 is 0. The molecule has 1 nitrogen and oxygen atoms in total. The summed E-state index contributed by atoms with van der Waals surface area (Å²) in [5, 5.41) is 8.75. The number of rotatable bonds is 5. The summed E-state index contributed by atoms with van der Waals surface area (Å²) in [6.45, 7) is 4.69. The van der Waals surface area contributed by atoms with Gasteiger partial charge in [0.1, 0.15) is 0 Å². The molecule has 10 heavy (non-hydrogen) atoms. The summed E-state index contributed by atoms with van der Waals surface area (Å²) in [7, 11) is 0. The molecule has 0 saturated heterocycles. The van der Waals surface area contributed by atoms with Crippen LogP contribution in [-0.4, -0.2) is 11.7 Å². The van der Waals surface area contributed by atoms with Gasteiger partial charge in [-0.05, 0) is 12.3 Å². The van der Waals surface area contributed by atoms with Gasteiger partial charge in [0.2, 0.25) is 0 Å². The first kappa shape index (κ1) is 13.1. The average molecular weight is 185 g/mol. The summed E-state index contributed by atoms with van der Waals surface area (Å²) in [6.07, 6.45) is 4.83. The first-order valence-electron chi connectivity index (χ1n) is 3.96. The Bertz CT molecular complexity index is 53.2. The molecule has 1 radical (unpaired) electrons. The number of unbranched alkanes of at least 4 members (excludes halogenated alkanes) is 1. The maximum absolute atomic E-state index is 8.75. The fourth-order valence-electron chi connectivity index (χ4n) is 0.917. The van der Waals surface area contributed by atoms with Crippen molar-refractivity contribution in [1.82, 2.24) is 0 Å². The van der Waals surface area contributed by atoms with E-state index in [1.165, 1.54) is 19.3 Å². The smallest absolute Gasteiger partial charge is 0.0459 e. The van der Waals surface area contributed by atoms with E-state index in [4.69, 9.17) is 5.11 Å². The Morgan fingerprint density at radius 3 is 2.20 bits per heavy atom. The van der Waals surface area contributed by atoms with Crippen molar-refractivity contribution in [3.63, 3.8) is 0 Å². The molecule has 63 valence electrons. The molecule has 0 heterocycles. The standard InChI is InChI=1S/C8H18O.Mn/c1-3-5-6-8(4-2)7-9;/h8-9H,3-7H2,1-2H3;. The first-order chi connectivity index (χ1) is 4.35. The Morgan fingerprint density at radius 1 is 1.30 bits per heavy atom. The third-order valence-corrected chi connectivity index (χ3v) is 1.80.